The molecule has 0 aliphatic rings. The van der Waals surface area contributed by atoms with Crippen LogP contribution >= 0.6 is 11.6 Å². The van der Waals surface area contributed by atoms with Crippen molar-refractivity contribution >= 4 is 34.7 Å². The molecule has 0 saturated carbocycles. The summed E-state index contributed by atoms with van der Waals surface area (Å²) in [7, 11) is 0. The average Bonchev–Trinajstić information content (AvgIpc) is 2.47. The molecule has 2 aromatic carbocycles. The van der Waals surface area contributed by atoms with Gasteiger partial charge in [-0.3, -0.25) is 19.7 Å². The first kappa shape index (κ1) is 15.7. The fraction of sp³-hybridized carbons (Fsp3) is 0.0667. The number of hydrogen-bond acceptors (Lipinski definition) is 4. The summed E-state index contributed by atoms with van der Waals surface area (Å²) in [5.74, 6) is -0.654. The Morgan fingerprint density at radius 3 is 2.50 bits per heavy atom. The van der Waals surface area contributed by atoms with Crippen LogP contribution in [0.1, 0.15) is 27.6 Å². The van der Waals surface area contributed by atoms with E-state index in [1.54, 1.807) is 18.2 Å². The Morgan fingerprint density at radius 2 is 1.86 bits per heavy atom. The largest absolute Gasteiger partial charge is 0.322 e. The third-order valence-corrected chi connectivity index (χ3v) is 3.25. The van der Waals surface area contributed by atoms with Gasteiger partial charge in [-0.15, -0.1) is 0 Å². The SMILES string of the molecule is CC(=O)c1cccc(NC(=O)c2ccc(Cl)c([N+](=O)[O-])c2)c1. The van der Waals surface area contributed by atoms with Crippen molar-refractivity contribution in [2.75, 3.05) is 5.32 Å². The van der Waals surface area contributed by atoms with E-state index in [9.17, 15) is 19.7 Å². The third-order valence-electron chi connectivity index (χ3n) is 2.93. The number of benzene rings is 2. The Labute approximate surface area is 130 Å². The van der Waals surface area contributed by atoms with Gasteiger partial charge >= 0.3 is 0 Å². The van der Waals surface area contributed by atoms with Gasteiger partial charge in [0.2, 0.25) is 0 Å². The standard InChI is InChI=1S/C15H11ClN2O4/c1-9(19)10-3-2-4-12(7-10)17-15(20)11-5-6-13(16)14(8-11)18(21)22/h2-8H,1H3,(H,17,20). The first-order valence-electron chi connectivity index (χ1n) is 6.25. The van der Waals surface area contributed by atoms with E-state index in [4.69, 9.17) is 11.6 Å². The number of ketones is 1. The van der Waals surface area contributed by atoms with Crippen molar-refractivity contribution in [3.8, 4) is 0 Å². The molecule has 1 amide bonds. The predicted octanol–water partition coefficient (Wildman–Crippen LogP) is 3.70. The van der Waals surface area contributed by atoms with Crippen LogP contribution in [0.5, 0.6) is 0 Å². The van der Waals surface area contributed by atoms with Crippen molar-refractivity contribution in [1.82, 2.24) is 0 Å². The topological polar surface area (TPSA) is 89.3 Å². The molecule has 1 N–H and O–H groups in total. The van der Waals surface area contributed by atoms with Crippen LogP contribution in [0.4, 0.5) is 11.4 Å². The molecule has 0 atom stereocenters. The highest BCUT2D eigenvalue weighted by Gasteiger charge is 2.16. The lowest BCUT2D eigenvalue weighted by Crippen LogP contribution is -2.12. The second kappa shape index (κ2) is 6.36. The van der Waals surface area contributed by atoms with E-state index >= 15 is 0 Å². The molecular formula is C15H11ClN2O4. The van der Waals surface area contributed by atoms with Crippen LogP contribution < -0.4 is 5.32 Å². The van der Waals surface area contributed by atoms with Crippen LogP contribution in [0.15, 0.2) is 42.5 Å². The van der Waals surface area contributed by atoms with Crippen LogP contribution in [-0.2, 0) is 0 Å². The number of nitro groups is 1. The van der Waals surface area contributed by atoms with Crippen molar-refractivity contribution in [2.24, 2.45) is 0 Å². The first-order chi connectivity index (χ1) is 10.4. The van der Waals surface area contributed by atoms with Gasteiger partial charge in [-0.25, -0.2) is 0 Å². The maximum Gasteiger partial charge on any atom is 0.288 e. The number of carbonyl (C=O) groups excluding carboxylic acids is 2. The van der Waals surface area contributed by atoms with Gasteiger partial charge in [0, 0.05) is 22.9 Å². The van der Waals surface area contributed by atoms with Crippen LogP contribution in [0, 0.1) is 10.1 Å². The molecule has 7 heteroatoms. The number of nitrogens with zero attached hydrogens (tertiary/aromatic N) is 1. The normalized spacial score (nSPS) is 10.1. The second-order valence-electron chi connectivity index (χ2n) is 4.51. The molecule has 0 aliphatic carbocycles. The van der Waals surface area contributed by atoms with Crippen molar-refractivity contribution in [3.63, 3.8) is 0 Å². The number of amides is 1. The highest BCUT2D eigenvalue weighted by Crippen LogP contribution is 2.25. The molecule has 0 aliphatic heterocycles. The van der Waals surface area contributed by atoms with E-state index in [2.05, 4.69) is 5.32 Å². The summed E-state index contributed by atoms with van der Waals surface area (Å²) >= 11 is 5.70. The summed E-state index contributed by atoms with van der Waals surface area (Å²) in [4.78, 5) is 33.6. The van der Waals surface area contributed by atoms with Gasteiger partial charge < -0.3 is 5.32 Å². The zero-order valence-corrected chi connectivity index (χ0v) is 12.3. The molecule has 0 saturated heterocycles. The zero-order valence-electron chi connectivity index (χ0n) is 11.5. The van der Waals surface area contributed by atoms with Gasteiger partial charge in [0.1, 0.15) is 5.02 Å². The van der Waals surface area contributed by atoms with Gasteiger partial charge in [-0.1, -0.05) is 23.7 Å². The van der Waals surface area contributed by atoms with Crippen molar-refractivity contribution in [2.45, 2.75) is 6.92 Å². The average molecular weight is 319 g/mol. The number of anilines is 1. The van der Waals surface area contributed by atoms with E-state index in [-0.39, 0.29) is 22.1 Å². The van der Waals surface area contributed by atoms with E-state index in [0.29, 0.717) is 11.3 Å². The highest BCUT2D eigenvalue weighted by molar-refractivity contribution is 6.32. The summed E-state index contributed by atoms with van der Waals surface area (Å²) in [5, 5.41) is 13.4. The molecule has 0 fully saturated rings. The fourth-order valence-corrected chi connectivity index (χ4v) is 2.00. The van der Waals surface area contributed by atoms with E-state index < -0.39 is 10.8 Å². The summed E-state index contributed by atoms with van der Waals surface area (Å²) in [6.07, 6.45) is 0. The lowest BCUT2D eigenvalue weighted by atomic mass is 10.1. The molecule has 6 nitrogen and oxygen atoms in total. The molecule has 112 valence electrons. The minimum absolute atomic E-state index is 0.0415. The Bertz CT molecular complexity index is 774. The molecule has 0 bridgehead atoms. The Hall–Kier alpha value is -2.73. The fourth-order valence-electron chi connectivity index (χ4n) is 1.81. The number of hydrogen-bond donors (Lipinski definition) is 1. The van der Waals surface area contributed by atoms with Crippen LogP contribution in [0.2, 0.25) is 5.02 Å². The van der Waals surface area contributed by atoms with Crippen LogP contribution in [0.25, 0.3) is 0 Å². The zero-order chi connectivity index (χ0) is 16.3. The minimum atomic E-state index is -0.657. The Kier molecular flexibility index (Phi) is 4.53. The first-order valence-corrected chi connectivity index (χ1v) is 6.62. The molecule has 0 aromatic heterocycles. The summed E-state index contributed by atoms with van der Waals surface area (Å²) in [5.41, 5.74) is 0.645. The molecule has 0 spiro atoms. The minimum Gasteiger partial charge on any atom is -0.322 e. The molecular weight excluding hydrogens is 308 g/mol. The molecule has 0 radical (unpaired) electrons. The van der Waals surface area contributed by atoms with Crippen LogP contribution in [0.3, 0.4) is 0 Å². The van der Waals surface area contributed by atoms with E-state index in [0.717, 1.165) is 6.07 Å². The predicted molar refractivity (Wildman–Crippen MR) is 82.5 cm³/mol. The number of rotatable bonds is 4. The number of Topliss-reactive ketones (excluding diaryl/α,β-unsaturated/α-hetero) is 1. The van der Waals surface area contributed by atoms with Crippen molar-refractivity contribution in [3.05, 3.63) is 68.7 Å². The maximum absolute atomic E-state index is 12.1. The van der Waals surface area contributed by atoms with Gasteiger partial charge in [-0.2, -0.15) is 0 Å². The Balaban J connectivity index is 2.26. The van der Waals surface area contributed by atoms with Crippen molar-refractivity contribution in [1.29, 1.82) is 0 Å². The molecule has 2 aromatic rings. The van der Waals surface area contributed by atoms with Gasteiger partial charge in [0.25, 0.3) is 11.6 Å². The van der Waals surface area contributed by atoms with Crippen LogP contribution in [-0.4, -0.2) is 16.6 Å². The quantitative estimate of drug-likeness (QED) is 0.528. The maximum atomic E-state index is 12.1. The molecule has 2 rings (SSSR count). The second-order valence-corrected chi connectivity index (χ2v) is 4.92. The monoisotopic (exact) mass is 318 g/mol. The summed E-state index contributed by atoms with van der Waals surface area (Å²) < 4.78 is 0. The lowest BCUT2D eigenvalue weighted by molar-refractivity contribution is -0.384. The summed E-state index contributed by atoms with van der Waals surface area (Å²) in [6.45, 7) is 1.42. The highest BCUT2D eigenvalue weighted by atomic mass is 35.5. The number of halogens is 1. The van der Waals surface area contributed by atoms with Gasteiger partial charge in [-0.05, 0) is 31.2 Å². The third kappa shape index (κ3) is 3.48. The van der Waals surface area contributed by atoms with Gasteiger partial charge in [0.15, 0.2) is 5.78 Å². The smallest absolute Gasteiger partial charge is 0.288 e. The van der Waals surface area contributed by atoms with Crippen molar-refractivity contribution < 1.29 is 14.5 Å². The van der Waals surface area contributed by atoms with E-state index in [1.807, 2.05) is 0 Å². The number of nitrogens with one attached hydrogen (secondary N) is 1. The van der Waals surface area contributed by atoms with E-state index in [1.165, 1.54) is 25.1 Å². The lowest BCUT2D eigenvalue weighted by Gasteiger charge is -2.07. The Morgan fingerprint density at radius 1 is 1.14 bits per heavy atom. The number of nitro benzene ring substituents is 1. The summed E-state index contributed by atoms with van der Waals surface area (Å²) in [6, 6.07) is 10.2. The van der Waals surface area contributed by atoms with Gasteiger partial charge in [0.05, 0.1) is 4.92 Å². The number of carbonyl (C=O) groups is 2. The molecule has 0 heterocycles. The molecule has 22 heavy (non-hydrogen) atoms. The molecule has 0 unspecified atom stereocenters.